The van der Waals surface area contributed by atoms with Gasteiger partial charge < -0.3 is 19.5 Å². The van der Waals surface area contributed by atoms with E-state index in [9.17, 15) is 9.59 Å². The van der Waals surface area contributed by atoms with Gasteiger partial charge >= 0.3 is 0 Å². The lowest BCUT2D eigenvalue weighted by Crippen LogP contribution is -2.62. The molecule has 1 aromatic heterocycles. The van der Waals surface area contributed by atoms with E-state index in [-0.39, 0.29) is 24.4 Å². The number of hydrogen-bond donors (Lipinski definition) is 1. The fraction of sp³-hybridized carbons (Fsp3) is 0.267. The number of carbonyl (C=O) groups is 2. The Morgan fingerprint density at radius 3 is 2.44 bits per heavy atom. The lowest BCUT2D eigenvalue weighted by Gasteiger charge is -2.47. The van der Waals surface area contributed by atoms with Gasteiger partial charge in [0.1, 0.15) is 18.3 Å². The summed E-state index contributed by atoms with van der Waals surface area (Å²) in [6, 6.07) is 25.6. The van der Waals surface area contributed by atoms with E-state index in [2.05, 4.69) is 29.2 Å². The Labute approximate surface area is 210 Å². The summed E-state index contributed by atoms with van der Waals surface area (Å²) in [5.41, 5.74) is 5.51. The number of carbonyl (C=O) groups excluding carboxylic acids is 2. The van der Waals surface area contributed by atoms with Crippen LogP contribution in [0.5, 0.6) is 5.75 Å². The largest absolute Gasteiger partial charge is 0.497 e. The van der Waals surface area contributed by atoms with Crippen molar-refractivity contribution in [2.75, 3.05) is 13.7 Å². The van der Waals surface area contributed by atoms with Gasteiger partial charge in [-0.3, -0.25) is 9.59 Å². The molecule has 2 aliphatic rings. The quantitative estimate of drug-likeness (QED) is 0.438. The van der Waals surface area contributed by atoms with E-state index in [1.165, 1.54) is 5.56 Å². The summed E-state index contributed by atoms with van der Waals surface area (Å²) in [6.07, 6.45) is 2.13. The number of nitrogens with one attached hydrogen (secondary N) is 1. The molecule has 6 rings (SSSR count). The van der Waals surface area contributed by atoms with Crippen LogP contribution in [0.1, 0.15) is 34.8 Å². The van der Waals surface area contributed by atoms with Crippen LogP contribution < -0.4 is 4.74 Å². The van der Waals surface area contributed by atoms with Crippen LogP contribution >= 0.6 is 0 Å². The monoisotopic (exact) mass is 479 g/mol. The van der Waals surface area contributed by atoms with E-state index in [0.717, 1.165) is 46.3 Å². The Hall–Kier alpha value is -4.06. The van der Waals surface area contributed by atoms with Crippen molar-refractivity contribution >= 4 is 22.7 Å². The van der Waals surface area contributed by atoms with Crippen molar-refractivity contribution in [2.24, 2.45) is 0 Å². The number of aryl methyl sites for hydroxylation is 1. The first-order chi connectivity index (χ1) is 17.6. The summed E-state index contributed by atoms with van der Waals surface area (Å²) in [7, 11) is 1.63. The van der Waals surface area contributed by atoms with Gasteiger partial charge in [0.25, 0.3) is 0 Å². The number of benzene rings is 3. The number of H-pyrrole nitrogens is 1. The van der Waals surface area contributed by atoms with Crippen molar-refractivity contribution in [2.45, 2.75) is 37.9 Å². The second-order valence-electron chi connectivity index (χ2n) is 9.67. The molecule has 1 saturated heterocycles. The van der Waals surface area contributed by atoms with Gasteiger partial charge in [0.2, 0.25) is 11.8 Å². The maximum Gasteiger partial charge on any atom is 0.246 e. The Balaban J connectivity index is 1.33. The molecule has 182 valence electrons. The molecule has 0 unspecified atom stereocenters. The van der Waals surface area contributed by atoms with Gasteiger partial charge in [-0.05, 0) is 47.7 Å². The third-order valence-electron chi connectivity index (χ3n) is 7.54. The number of nitrogens with zero attached hydrogens (tertiary/aromatic N) is 2. The topological polar surface area (TPSA) is 65.6 Å². The van der Waals surface area contributed by atoms with Crippen molar-refractivity contribution < 1.29 is 14.3 Å². The molecular weight excluding hydrogens is 450 g/mol. The van der Waals surface area contributed by atoms with E-state index in [0.29, 0.717) is 13.0 Å². The number of para-hydroxylation sites is 1. The van der Waals surface area contributed by atoms with E-state index < -0.39 is 6.04 Å². The average Bonchev–Trinajstić information content (AvgIpc) is 3.29. The maximum absolute atomic E-state index is 13.8. The van der Waals surface area contributed by atoms with Crippen LogP contribution in [0.25, 0.3) is 10.9 Å². The molecule has 0 radical (unpaired) electrons. The van der Waals surface area contributed by atoms with E-state index >= 15 is 0 Å². The van der Waals surface area contributed by atoms with Crippen molar-refractivity contribution in [1.29, 1.82) is 0 Å². The Morgan fingerprint density at radius 1 is 0.917 bits per heavy atom. The van der Waals surface area contributed by atoms with Gasteiger partial charge in [0.15, 0.2) is 0 Å². The molecule has 0 saturated carbocycles. The fourth-order valence-electron chi connectivity index (χ4n) is 5.78. The van der Waals surface area contributed by atoms with Crippen LogP contribution in [0.4, 0.5) is 0 Å². The molecule has 2 aliphatic heterocycles. The molecule has 3 heterocycles. The number of hydrogen-bond acceptors (Lipinski definition) is 3. The zero-order chi connectivity index (χ0) is 24.6. The smallest absolute Gasteiger partial charge is 0.246 e. The van der Waals surface area contributed by atoms with Crippen LogP contribution in [0.2, 0.25) is 0 Å². The van der Waals surface area contributed by atoms with Crippen molar-refractivity contribution in [3.63, 3.8) is 0 Å². The zero-order valence-corrected chi connectivity index (χ0v) is 20.3. The number of aromatic amines is 1. The molecule has 4 aromatic rings. The van der Waals surface area contributed by atoms with Crippen LogP contribution in [0, 0.1) is 0 Å². The number of amides is 2. The van der Waals surface area contributed by atoms with Crippen LogP contribution in [-0.4, -0.2) is 46.3 Å². The zero-order valence-electron chi connectivity index (χ0n) is 20.3. The SMILES string of the molecule is COc1ccc(CN2CC(=O)N3[C@H](CCc4ccccc4)c4[nH]c5ccccc5c4C[C@H]3C2=O)cc1. The number of ether oxygens (including phenoxy) is 1. The van der Waals surface area contributed by atoms with E-state index in [1.807, 2.05) is 59.5 Å². The molecule has 6 nitrogen and oxygen atoms in total. The molecule has 2 atom stereocenters. The summed E-state index contributed by atoms with van der Waals surface area (Å²) >= 11 is 0. The highest BCUT2D eigenvalue weighted by molar-refractivity contribution is 5.97. The number of fused-ring (bicyclic) bond motifs is 4. The lowest BCUT2D eigenvalue weighted by molar-refractivity contribution is -0.160. The molecule has 3 aromatic carbocycles. The minimum atomic E-state index is -0.489. The van der Waals surface area contributed by atoms with Gasteiger partial charge in [-0.15, -0.1) is 0 Å². The standard InChI is InChI=1S/C30H29N3O3/c1-36-22-14-11-21(12-15-22)18-32-19-28(34)33-26(16-13-20-7-3-2-4-8-20)29-24(17-27(33)30(32)35)23-9-5-6-10-25(23)31-29/h2-12,14-15,26-27,31H,13,16-19H2,1H3/t26-,27+/m1/s1. The minimum absolute atomic E-state index is 0.00970. The number of piperazine rings is 1. The highest BCUT2D eigenvalue weighted by Gasteiger charge is 2.47. The summed E-state index contributed by atoms with van der Waals surface area (Å²) in [6.45, 7) is 0.507. The normalized spacial score (nSPS) is 19.4. The highest BCUT2D eigenvalue weighted by atomic mass is 16.5. The van der Waals surface area contributed by atoms with Crippen LogP contribution in [-0.2, 0) is 29.0 Å². The van der Waals surface area contributed by atoms with E-state index in [1.54, 1.807) is 12.0 Å². The van der Waals surface area contributed by atoms with Gasteiger partial charge in [-0.2, -0.15) is 0 Å². The Morgan fingerprint density at radius 2 is 1.67 bits per heavy atom. The third kappa shape index (κ3) is 3.92. The molecule has 2 amide bonds. The second-order valence-corrected chi connectivity index (χ2v) is 9.67. The van der Waals surface area contributed by atoms with Crippen LogP contribution in [0.3, 0.4) is 0 Å². The lowest BCUT2D eigenvalue weighted by atomic mass is 9.86. The van der Waals surface area contributed by atoms with Crippen molar-refractivity contribution in [3.8, 4) is 5.75 Å². The summed E-state index contributed by atoms with van der Waals surface area (Å²) < 4.78 is 5.25. The third-order valence-corrected chi connectivity index (χ3v) is 7.54. The summed E-state index contributed by atoms with van der Waals surface area (Å²) in [5.74, 6) is 0.799. The van der Waals surface area contributed by atoms with Gasteiger partial charge in [-0.25, -0.2) is 0 Å². The second kappa shape index (κ2) is 9.19. The first-order valence-electron chi connectivity index (χ1n) is 12.5. The van der Waals surface area contributed by atoms with Gasteiger partial charge in [0, 0.05) is 29.6 Å². The molecule has 1 fully saturated rings. The first-order valence-corrected chi connectivity index (χ1v) is 12.5. The first kappa shape index (κ1) is 22.4. The van der Waals surface area contributed by atoms with E-state index in [4.69, 9.17) is 4.74 Å². The average molecular weight is 480 g/mol. The predicted octanol–water partition coefficient (Wildman–Crippen LogP) is 4.65. The molecule has 1 N–H and O–H groups in total. The summed E-state index contributed by atoms with van der Waals surface area (Å²) in [5, 5.41) is 1.14. The molecule has 0 bridgehead atoms. The number of rotatable bonds is 6. The van der Waals surface area contributed by atoms with Crippen molar-refractivity contribution in [1.82, 2.24) is 14.8 Å². The van der Waals surface area contributed by atoms with Crippen LogP contribution in [0.15, 0.2) is 78.9 Å². The van der Waals surface area contributed by atoms with Crippen molar-refractivity contribution in [3.05, 3.63) is 101 Å². The Kier molecular flexibility index (Phi) is 5.72. The van der Waals surface area contributed by atoms with Gasteiger partial charge in [-0.1, -0.05) is 60.7 Å². The Bertz CT molecular complexity index is 1410. The molecule has 6 heteroatoms. The number of methoxy groups -OCH3 is 1. The molecule has 36 heavy (non-hydrogen) atoms. The predicted molar refractivity (Wildman–Crippen MR) is 139 cm³/mol. The minimum Gasteiger partial charge on any atom is -0.497 e. The molecular formula is C30H29N3O3. The fourth-order valence-corrected chi connectivity index (χ4v) is 5.78. The molecule has 0 spiro atoms. The summed E-state index contributed by atoms with van der Waals surface area (Å²) in [4.78, 5) is 34.6. The molecule has 0 aliphatic carbocycles. The number of aromatic nitrogens is 1. The van der Waals surface area contributed by atoms with Gasteiger partial charge in [0.05, 0.1) is 13.2 Å². The highest BCUT2D eigenvalue weighted by Crippen LogP contribution is 2.41. The maximum atomic E-state index is 13.8.